The molecular weight excluding hydrogens is 346 g/mol. The van der Waals surface area contributed by atoms with Crippen LogP contribution in [0.25, 0.3) is 11.1 Å². The van der Waals surface area contributed by atoms with Crippen LogP contribution in [0.15, 0.2) is 57.7 Å². The fourth-order valence-electron chi connectivity index (χ4n) is 2.82. The third kappa shape index (κ3) is 5.23. The summed E-state index contributed by atoms with van der Waals surface area (Å²) in [4.78, 5) is 23.6. The highest BCUT2D eigenvalue weighted by Gasteiger charge is 2.08. The summed E-state index contributed by atoms with van der Waals surface area (Å²) in [5.41, 5.74) is 2.45. The first-order chi connectivity index (χ1) is 13.1. The Hall–Kier alpha value is -3.02. The Kier molecular flexibility index (Phi) is 6.30. The number of aryl methyl sites for hydroxylation is 2. The van der Waals surface area contributed by atoms with Crippen molar-refractivity contribution >= 4 is 17.1 Å². The van der Waals surface area contributed by atoms with E-state index in [1.54, 1.807) is 10.6 Å². The molecule has 1 heterocycles. The van der Waals surface area contributed by atoms with E-state index in [9.17, 15) is 9.59 Å². The maximum absolute atomic E-state index is 11.9. The first-order valence-corrected chi connectivity index (χ1v) is 9.07. The number of fused-ring (bicyclic) bond motifs is 1. The molecule has 0 radical (unpaired) electrons. The molecule has 0 saturated heterocycles. The van der Waals surface area contributed by atoms with Crippen molar-refractivity contribution in [1.82, 2.24) is 4.57 Å². The number of hydrogen-bond donors (Lipinski definition) is 0. The number of aromatic nitrogens is 1. The van der Waals surface area contributed by atoms with E-state index in [1.807, 2.05) is 49.4 Å². The highest BCUT2D eigenvalue weighted by atomic mass is 16.5. The van der Waals surface area contributed by atoms with E-state index in [-0.39, 0.29) is 12.6 Å². The van der Waals surface area contributed by atoms with Gasteiger partial charge in [0.05, 0.1) is 18.7 Å². The van der Waals surface area contributed by atoms with Gasteiger partial charge in [0.2, 0.25) is 0 Å². The van der Waals surface area contributed by atoms with Crippen molar-refractivity contribution < 1.29 is 18.7 Å². The van der Waals surface area contributed by atoms with Crippen molar-refractivity contribution in [1.29, 1.82) is 0 Å². The fraction of sp³-hybridized carbons (Fsp3) is 0.333. The minimum Gasteiger partial charge on any atom is -0.494 e. The number of benzene rings is 2. The summed E-state index contributed by atoms with van der Waals surface area (Å²) in [5, 5.41) is 0. The molecule has 6 heteroatoms. The number of para-hydroxylation sites is 2. The monoisotopic (exact) mass is 369 g/mol. The lowest BCUT2D eigenvalue weighted by Crippen LogP contribution is -2.16. The Labute approximate surface area is 157 Å². The molecule has 2 aromatic carbocycles. The van der Waals surface area contributed by atoms with Gasteiger partial charge in [0.1, 0.15) is 5.75 Å². The maximum atomic E-state index is 11.9. The summed E-state index contributed by atoms with van der Waals surface area (Å²) in [7, 11) is 0. The first kappa shape index (κ1) is 18.8. The Morgan fingerprint density at radius 2 is 1.93 bits per heavy atom. The van der Waals surface area contributed by atoms with E-state index in [1.165, 1.54) is 0 Å². The van der Waals surface area contributed by atoms with Crippen LogP contribution in [0.1, 0.15) is 24.8 Å². The van der Waals surface area contributed by atoms with E-state index in [0.717, 1.165) is 16.8 Å². The van der Waals surface area contributed by atoms with Crippen molar-refractivity contribution in [3.05, 3.63) is 64.6 Å². The lowest BCUT2D eigenvalue weighted by atomic mass is 10.2. The zero-order valence-electron chi connectivity index (χ0n) is 15.3. The molecule has 0 spiro atoms. The van der Waals surface area contributed by atoms with Gasteiger partial charge >= 0.3 is 11.7 Å². The number of nitrogens with zero attached hydrogens (tertiary/aromatic N) is 1. The van der Waals surface area contributed by atoms with E-state index in [0.29, 0.717) is 38.0 Å². The number of carbonyl (C=O) groups excluding carboxylic acids is 1. The van der Waals surface area contributed by atoms with Gasteiger partial charge in [0.25, 0.3) is 0 Å². The van der Waals surface area contributed by atoms with Gasteiger partial charge in [-0.25, -0.2) is 4.79 Å². The molecule has 27 heavy (non-hydrogen) atoms. The summed E-state index contributed by atoms with van der Waals surface area (Å²) in [5.74, 6) is 0.157. The van der Waals surface area contributed by atoms with Crippen LogP contribution in [0.2, 0.25) is 0 Å². The van der Waals surface area contributed by atoms with Gasteiger partial charge in [-0.1, -0.05) is 24.3 Å². The number of carbonyl (C=O) groups is 1. The molecule has 0 fully saturated rings. The highest BCUT2D eigenvalue weighted by molar-refractivity contribution is 5.72. The van der Waals surface area contributed by atoms with Gasteiger partial charge in [-0.2, -0.15) is 0 Å². The molecule has 0 atom stereocenters. The normalized spacial score (nSPS) is 10.9. The quantitative estimate of drug-likeness (QED) is 0.425. The van der Waals surface area contributed by atoms with Gasteiger partial charge in [-0.15, -0.1) is 0 Å². The zero-order valence-corrected chi connectivity index (χ0v) is 15.3. The summed E-state index contributed by atoms with van der Waals surface area (Å²) in [6.07, 6.45) is 1.45. The molecule has 0 amide bonds. The molecule has 0 saturated carbocycles. The highest BCUT2D eigenvalue weighted by Crippen LogP contribution is 2.13. The Morgan fingerprint density at radius 3 is 2.78 bits per heavy atom. The second-order valence-electron chi connectivity index (χ2n) is 6.33. The summed E-state index contributed by atoms with van der Waals surface area (Å²) < 4.78 is 17.6. The second-order valence-corrected chi connectivity index (χ2v) is 6.33. The topological polar surface area (TPSA) is 70.7 Å². The zero-order chi connectivity index (χ0) is 19.1. The van der Waals surface area contributed by atoms with Crippen molar-refractivity contribution in [2.45, 2.75) is 32.7 Å². The molecule has 0 aliphatic carbocycles. The Bertz CT molecular complexity index is 956. The van der Waals surface area contributed by atoms with Crippen LogP contribution in [-0.4, -0.2) is 23.8 Å². The lowest BCUT2D eigenvalue weighted by molar-refractivity contribution is -0.144. The van der Waals surface area contributed by atoms with E-state index in [4.69, 9.17) is 13.9 Å². The predicted octanol–water partition coefficient (Wildman–Crippen LogP) is 3.70. The average molecular weight is 369 g/mol. The lowest BCUT2D eigenvalue weighted by Gasteiger charge is -2.07. The second kappa shape index (κ2) is 9.07. The third-order valence-electron chi connectivity index (χ3n) is 4.15. The summed E-state index contributed by atoms with van der Waals surface area (Å²) in [6, 6.07) is 15.1. The first-order valence-electron chi connectivity index (χ1n) is 9.07. The SMILES string of the molecule is Cc1cccc(OCCCC(=O)OCCCn2c(=O)oc3ccccc32)c1. The Balaban J connectivity index is 1.34. The van der Waals surface area contributed by atoms with Crippen molar-refractivity contribution in [3.63, 3.8) is 0 Å². The number of esters is 1. The van der Waals surface area contributed by atoms with Crippen LogP contribution in [0.4, 0.5) is 0 Å². The summed E-state index contributed by atoms with van der Waals surface area (Å²) >= 11 is 0. The molecule has 1 aromatic heterocycles. The van der Waals surface area contributed by atoms with Gasteiger partial charge in [-0.05, 0) is 49.6 Å². The van der Waals surface area contributed by atoms with Crippen LogP contribution in [0, 0.1) is 6.92 Å². The minimum absolute atomic E-state index is 0.257. The van der Waals surface area contributed by atoms with E-state index in [2.05, 4.69) is 0 Å². The van der Waals surface area contributed by atoms with E-state index >= 15 is 0 Å². The molecule has 0 N–H and O–H groups in total. The van der Waals surface area contributed by atoms with Gasteiger partial charge in [0, 0.05) is 13.0 Å². The number of hydrogen-bond acceptors (Lipinski definition) is 5. The largest absolute Gasteiger partial charge is 0.494 e. The fourth-order valence-corrected chi connectivity index (χ4v) is 2.82. The standard InChI is InChI=1S/C21H23NO5/c1-16-7-4-8-17(15-16)25-13-5-11-20(23)26-14-6-12-22-18-9-2-3-10-19(18)27-21(22)24/h2-4,7-10,15H,5-6,11-14H2,1H3. The number of ether oxygens (including phenoxy) is 2. The van der Waals surface area contributed by atoms with Crippen molar-refractivity contribution in [2.75, 3.05) is 13.2 Å². The summed E-state index contributed by atoms with van der Waals surface area (Å²) in [6.45, 7) is 3.18. The molecule has 0 bridgehead atoms. The van der Waals surface area contributed by atoms with Crippen LogP contribution in [0.3, 0.4) is 0 Å². The molecule has 3 rings (SSSR count). The van der Waals surface area contributed by atoms with Crippen LogP contribution < -0.4 is 10.5 Å². The average Bonchev–Trinajstić information content (AvgIpc) is 2.98. The van der Waals surface area contributed by atoms with Gasteiger partial charge in [0.15, 0.2) is 5.58 Å². The number of oxazole rings is 1. The maximum Gasteiger partial charge on any atom is 0.419 e. The van der Waals surface area contributed by atoms with Crippen molar-refractivity contribution in [2.24, 2.45) is 0 Å². The molecular formula is C21H23NO5. The number of rotatable bonds is 9. The van der Waals surface area contributed by atoms with Crippen LogP contribution in [-0.2, 0) is 16.1 Å². The van der Waals surface area contributed by atoms with Crippen molar-refractivity contribution in [3.8, 4) is 5.75 Å². The smallest absolute Gasteiger partial charge is 0.419 e. The Morgan fingerprint density at radius 1 is 1.07 bits per heavy atom. The van der Waals surface area contributed by atoms with Gasteiger partial charge < -0.3 is 13.9 Å². The molecule has 142 valence electrons. The molecule has 0 unspecified atom stereocenters. The molecule has 6 nitrogen and oxygen atoms in total. The molecule has 3 aromatic rings. The molecule has 0 aliphatic heterocycles. The van der Waals surface area contributed by atoms with Crippen LogP contribution >= 0.6 is 0 Å². The minimum atomic E-state index is -0.393. The molecule has 0 aliphatic rings. The third-order valence-corrected chi connectivity index (χ3v) is 4.15. The van der Waals surface area contributed by atoms with Gasteiger partial charge in [-0.3, -0.25) is 9.36 Å². The van der Waals surface area contributed by atoms with Crippen LogP contribution in [0.5, 0.6) is 5.75 Å². The van der Waals surface area contributed by atoms with E-state index < -0.39 is 5.76 Å². The predicted molar refractivity (Wildman–Crippen MR) is 102 cm³/mol.